The lowest BCUT2D eigenvalue weighted by Gasteiger charge is -2.29. The number of benzene rings is 2. The Morgan fingerprint density at radius 2 is 1.83 bits per heavy atom. The standard InChI is InChI=1S/C23H30N2O3S/c1-5-17(2)24-23(27)18(3)25(15-19-10-9-11-20(14-19)28-4)22(26)16-29-21-12-7-6-8-13-21/h6-14,17-18H,5,15-16H2,1-4H3,(H,24,27)/t17-,18-/m1/s1. The first-order valence-corrected chi connectivity index (χ1v) is 10.8. The number of carbonyl (C=O) groups excluding carboxylic acids is 2. The van der Waals surface area contributed by atoms with Crippen LogP contribution in [0.4, 0.5) is 0 Å². The van der Waals surface area contributed by atoms with Crippen molar-refractivity contribution in [1.82, 2.24) is 10.2 Å². The van der Waals surface area contributed by atoms with E-state index in [1.54, 1.807) is 18.9 Å². The third-order valence-electron chi connectivity index (χ3n) is 4.76. The van der Waals surface area contributed by atoms with Crippen LogP contribution >= 0.6 is 11.8 Å². The van der Waals surface area contributed by atoms with Gasteiger partial charge in [-0.25, -0.2) is 0 Å². The summed E-state index contributed by atoms with van der Waals surface area (Å²) in [6.45, 7) is 6.11. The molecule has 0 unspecified atom stereocenters. The number of thioether (sulfide) groups is 1. The van der Waals surface area contributed by atoms with Crippen LogP contribution in [0.15, 0.2) is 59.5 Å². The molecule has 5 nitrogen and oxygen atoms in total. The van der Waals surface area contributed by atoms with Crippen LogP contribution in [0.25, 0.3) is 0 Å². The van der Waals surface area contributed by atoms with Crippen LogP contribution in [0.3, 0.4) is 0 Å². The van der Waals surface area contributed by atoms with Gasteiger partial charge in [-0.05, 0) is 50.1 Å². The lowest BCUT2D eigenvalue weighted by Crippen LogP contribution is -2.50. The van der Waals surface area contributed by atoms with Crippen molar-refractivity contribution in [1.29, 1.82) is 0 Å². The van der Waals surface area contributed by atoms with E-state index >= 15 is 0 Å². The highest BCUT2D eigenvalue weighted by Gasteiger charge is 2.26. The van der Waals surface area contributed by atoms with Gasteiger partial charge in [-0.15, -0.1) is 11.8 Å². The molecule has 0 heterocycles. The van der Waals surface area contributed by atoms with E-state index in [1.165, 1.54) is 11.8 Å². The molecule has 0 fully saturated rings. The molecule has 6 heteroatoms. The number of amides is 2. The van der Waals surface area contributed by atoms with Crippen LogP contribution in [0, 0.1) is 0 Å². The number of nitrogens with one attached hydrogen (secondary N) is 1. The number of carbonyl (C=O) groups is 2. The first kappa shape index (κ1) is 22.8. The number of hydrogen-bond acceptors (Lipinski definition) is 4. The van der Waals surface area contributed by atoms with Crippen LogP contribution in [-0.4, -0.2) is 41.7 Å². The second-order valence-corrected chi connectivity index (χ2v) is 8.02. The molecule has 1 N–H and O–H groups in total. The largest absolute Gasteiger partial charge is 0.497 e. The molecule has 0 spiro atoms. The molecule has 29 heavy (non-hydrogen) atoms. The third-order valence-corrected chi connectivity index (χ3v) is 5.76. The molecule has 0 saturated carbocycles. The molecule has 0 aromatic heterocycles. The van der Waals surface area contributed by atoms with Gasteiger partial charge in [0.1, 0.15) is 11.8 Å². The predicted molar refractivity (Wildman–Crippen MR) is 118 cm³/mol. The highest BCUT2D eigenvalue weighted by atomic mass is 32.2. The average molecular weight is 415 g/mol. The van der Waals surface area contributed by atoms with Crippen molar-refractivity contribution in [2.45, 2.75) is 50.7 Å². The summed E-state index contributed by atoms with van der Waals surface area (Å²) in [5.74, 6) is 0.786. The van der Waals surface area contributed by atoms with Crippen molar-refractivity contribution in [3.63, 3.8) is 0 Å². The van der Waals surface area contributed by atoms with Gasteiger partial charge in [0.15, 0.2) is 0 Å². The molecule has 2 aromatic rings. The molecule has 0 saturated heterocycles. The Morgan fingerprint density at radius 3 is 2.48 bits per heavy atom. The maximum absolute atomic E-state index is 13.1. The summed E-state index contributed by atoms with van der Waals surface area (Å²) in [6, 6.07) is 16.9. The predicted octanol–water partition coefficient (Wildman–Crippen LogP) is 4.12. The maximum Gasteiger partial charge on any atom is 0.242 e. The highest BCUT2D eigenvalue weighted by Crippen LogP contribution is 2.20. The normalized spacial score (nSPS) is 12.7. The van der Waals surface area contributed by atoms with E-state index in [0.717, 1.165) is 22.6 Å². The Bertz CT molecular complexity index is 798. The highest BCUT2D eigenvalue weighted by molar-refractivity contribution is 8.00. The van der Waals surface area contributed by atoms with E-state index < -0.39 is 6.04 Å². The minimum absolute atomic E-state index is 0.0671. The summed E-state index contributed by atoms with van der Waals surface area (Å²) < 4.78 is 5.29. The zero-order valence-corrected chi connectivity index (χ0v) is 18.4. The summed E-state index contributed by atoms with van der Waals surface area (Å²) in [5.41, 5.74) is 0.922. The molecule has 2 atom stereocenters. The molecule has 0 aliphatic rings. The molecule has 156 valence electrons. The van der Waals surface area contributed by atoms with Crippen molar-refractivity contribution in [3.05, 3.63) is 60.2 Å². The molecular weight excluding hydrogens is 384 g/mol. The smallest absolute Gasteiger partial charge is 0.242 e. The zero-order valence-electron chi connectivity index (χ0n) is 17.6. The molecule has 2 amide bonds. The van der Waals surface area contributed by atoms with Crippen molar-refractivity contribution < 1.29 is 14.3 Å². The summed E-state index contributed by atoms with van der Waals surface area (Å²) in [7, 11) is 1.61. The van der Waals surface area contributed by atoms with Crippen molar-refractivity contribution in [2.24, 2.45) is 0 Å². The monoisotopic (exact) mass is 414 g/mol. The van der Waals surface area contributed by atoms with Crippen LogP contribution < -0.4 is 10.1 Å². The van der Waals surface area contributed by atoms with E-state index in [9.17, 15) is 9.59 Å². The Hall–Kier alpha value is -2.47. The average Bonchev–Trinajstić information content (AvgIpc) is 2.76. The fraction of sp³-hybridized carbons (Fsp3) is 0.391. The van der Waals surface area contributed by atoms with Gasteiger partial charge in [0.05, 0.1) is 12.9 Å². The second kappa shape index (κ2) is 11.5. The Labute approximate surface area is 177 Å². The van der Waals surface area contributed by atoms with Gasteiger partial charge >= 0.3 is 0 Å². The van der Waals surface area contributed by atoms with Crippen LogP contribution in [0.2, 0.25) is 0 Å². The number of hydrogen-bond donors (Lipinski definition) is 1. The quantitative estimate of drug-likeness (QED) is 0.594. The van der Waals surface area contributed by atoms with E-state index in [4.69, 9.17) is 4.74 Å². The maximum atomic E-state index is 13.1. The van der Waals surface area contributed by atoms with Gasteiger partial charge in [-0.1, -0.05) is 37.3 Å². The molecule has 0 bridgehead atoms. The number of nitrogens with zero attached hydrogens (tertiary/aromatic N) is 1. The Kier molecular flexibility index (Phi) is 9.06. The topological polar surface area (TPSA) is 58.6 Å². The van der Waals surface area contributed by atoms with Gasteiger partial charge < -0.3 is 15.0 Å². The summed E-state index contributed by atoms with van der Waals surface area (Å²) in [4.78, 5) is 28.4. The van der Waals surface area contributed by atoms with Gasteiger partial charge in [0.25, 0.3) is 0 Å². The van der Waals surface area contributed by atoms with Crippen LogP contribution in [0.1, 0.15) is 32.8 Å². The second-order valence-electron chi connectivity index (χ2n) is 6.97. The number of ether oxygens (including phenoxy) is 1. The fourth-order valence-corrected chi connectivity index (χ4v) is 3.57. The molecule has 0 aliphatic carbocycles. The minimum atomic E-state index is -0.570. The molecular formula is C23H30N2O3S. The summed E-state index contributed by atoms with van der Waals surface area (Å²) in [6.07, 6.45) is 0.839. The van der Waals surface area contributed by atoms with E-state index in [1.807, 2.05) is 68.4 Å². The number of rotatable bonds is 10. The SMILES string of the molecule is CC[C@@H](C)NC(=O)[C@@H](C)N(Cc1cccc(OC)c1)C(=O)CSc1ccccc1. The van der Waals surface area contributed by atoms with Gasteiger partial charge in [-0.3, -0.25) is 9.59 Å². The number of methoxy groups -OCH3 is 1. The zero-order chi connectivity index (χ0) is 21.2. The Morgan fingerprint density at radius 1 is 1.10 bits per heavy atom. The van der Waals surface area contributed by atoms with Crippen LogP contribution in [-0.2, 0) is 16.1 Å². The third kappa shape index (κ3) is 7.13. The first-order valence-electron chi connectivity index (χ1n) is 9.85. The van der Waals surface area contributed by atoms with Crippen molar-refractivity contribution >= 4 is 23.6 Å². The first-order chi connectivity index (χ1) is 13.9. The fourth-order valence-electron chi connectivity index (χ4n) is 2.76. The lowest BCUT2D eigenvalue weighted by molar-refractivity contribution is -0.138. The minimum Gasteiger partial charge on any atom is -0.497 e. The van der Waals surface area contributed by atoms with Gasteiger partial charge in [-0.2, -0.15) is 0 Å². The molecule has 0 radical (unpaired) electrons. The molecule has 2 rings (SSSR count). The van der Waals surface area contributed by atoms with E-state index in [-0.39, 0.29) is 23.6 Å². The van der Waals surface area contributed by atoms with Gasteiger partial charge in [0.2, 0.25) is 11.8 Å². The molecule has 0 aliphatic heterocycles. The Balaban J connectivity index is 2.16. The summed E-state index contributed by atoms with van der Waals surface area (Å²) in [5, 5.41) is 2.98. The van der Waals surface area contributed by atoms with Gasteiger partial charge in [0, 0.05) is 17.5 Å². The lowest BCUT2D eigenvalue weighted by atomic mass is 10.1. The van der Waals surface area contributed by atoms with E-state index in [2.05, 4.69) is 5.32 Å². The van der Waals surface area contributed by atoms with Crippen LogP contribution in [0.5, 0.6) is 5.75 Å². The molecule has 2 aromatic carbocycles. The van der Waals surface area contributed by atoms with Crippen molar-refractivity contribution in [2.75, 3.05) is 12.9 Å². The van der Waals surface area contributed by atoms with Crippen molar-refractivity contribution in [3.8, 4) is 5.75 Å². The summed E-state index contributed by atoms with van der Waals surface area (Å²) >= 11 is 1.47. The van der Waals surface area contributed by atoms with E-state index in [0.29, 0.717) is 6.54 Å².